The van der Waals surface area contributed by atoms with E-state index in [-0.39, 0.29) is 24.4 Å². The number of rotatable bonds is 6. The van der Waals surface area contributed by atoms with E-state index in [9.17, 15) is 19.1 Å². The van der Waals surface area contributed by atoms with E-state index in [1.54, 1.807) is 42.5 Å². The molecule has 7 heteroatoms. The first-order valence-electron chi connectivity index (χ1n) is 8.36. The maximum Gasteiger partial charge on any atom is 0.267 e. The Kier molecular flexibility index (Phi) is 5.73. The zero-order valence-corrected chi connectivity index (χ0v) is 14.4. The first-order valence-corrected chi connectivity index (χ1v) is 8.36. The molecule has 3 aromatic rings. The summed E-state index contributed by atoms with van der Waals surface area (Å²) < 4.78 is 14.9. The van der Waals surface area contributed by atoms with Crippen LogP contribution in [0.25, 0.3) is 11.3 Å². The molecule has 0 fully saturated rings. The van der Waals surface area contributed by atoms with Gasteiger partial charge in [0.05, 0.1) is 18.3 Å². The highest BCUT2D eigenvalue weighted by atomic mass is 19.1. The summed E-state index contributed by atoms with van der Waals surface area (Å²) in [6.07, 6.45) is 0. The molecule has 0 unspecified atom stereocenters. The molecule has 0 saturated carbocycles. The summed E-state index contributed by atoms with van der Waals surface area (Å²) in [6.45, 7) is -0.627. The number of benzene rings is 2. The minimum atomic E-state index is -0.593. The lowest BCUT2D eigenvalue weighted by Gasteiger charge is -2.17. The van der Waals surface area contributed by atoms with Gasteiger partial charge in [0, 0.05) is 11.6 Å². The summed E-state index contributed by atoms with van der Waals surface area (Å²) in [6, 6.07) is 17.1. The fraction of sp³-hybridized carbons (Fsp3) is 0.150. The molecule has 0 radical (unpaired) electrons. The van der Waals surface area contributed by atoms with Crippen LogP contribution in [0.5, 0.6) is 0 Å². The Morgan fingerprint density at radius 3 is 2.48 bits per heavy atom. The molecule has 3 rings (SSSR count). The summed E-state index contributed by atoms with van der Waals surface area (Å²) in [7, 11) is 0. The fourth-order valence-electron chi connectivity index (χ4n) is 2.67. The maximum atomic E-state index is 13.9. The zero-order chi connectivity index (χ0) is 19.2. The lowest BCUT2D eigenvalue weighted by molar-refractivity contribution is -0.123. The lowest BCUT2D eigenvalue weighted by atomic mass is 10.1. The first kappa shape index (κ1) is 18.5. The number of amides is 1. The number of nitrogens with one attached hydrogen (secondary N) is 1. The Balaban J connectivity index is 1.79. The van der Waals surface area contributed by atoms with Crippen LogP contribution in [0, 0.1) is 5.82 Å². The minimum absolute atomic E-state index is 0.240. The number of aromatic nitrogens is 2. The van der Waals surface area contributed by atoms with Gasteiger partial charge in [0.2, 0.25) is 5.91 Å². The second-order valence-electron chi connectivity index (χ2n) is 5.91. The fourth-order valence-corrected chi connectivity index (χ4v) is 2.67. The van der Waals surface area contributed by atoms with E-state index in [2.05, 4.69) is 10.4 Å². The zero-order valence-electron chi connectivity index (χ0n) is 14.4. The van der Waals surface area contributed by atoms with Gasteiger partial charge in [-0.25, -0.2) is 9.07 Å². The largest absolute Gasteiger partial charge is 0.394 e. The van der Waals surface area contributed by atoms with Crippen LogP contribution in [0.4, 0.5) is 4.39 Å². The molecule has 0 bridgehead atoms. The molecular weight excluding hydrogens is 349 g/mol. The molecule has 0 spiro atoms. The number of hydrogen-bond acceptors (Lipinski definition) is 4. The maximum absolute atomic E-state index is 13.9. The van der Waals surface area contributed by atoms with Crippen molar-refractivity contribution in [2.45, 2.75) is 12.6 Å². The van der Waals surface area contributed by atoms with Crippen molar-refractivity contribution in [2.75, 3.05) is 6.61 Å². The molecule has 0 aliphatic carbocycles. The standard InChI is InChI=1S/C20H18FN3O3/c21-16-9-5-4-8-15(16)17-10-11-20(27)24(23-17)12-19(26)22-18(13-25)14-6-2-1-3-7-14/h1-11,18,25H,12-13H2,(H,22,26)/t18-/m0/s1. The molecule has 0 saturated heterocycles. The van der Waals surface area contributed by atoms with Crippen LogP contribution in [0.1, 0.15) is 11.6 Å². The van der Waals surface area contributed by atoms with Crippen LogP contribution in [0.15, 0.2) is 71.5 Å². The van der Waals surface area contributed by atoms with Gasteiger partial charge in [-0.05, 0) is 23.8 Å². The number of aliphatic hydroxyl groups is 1. The van der Waals surface area contributed by atoms with Gasteiger partial charge in [-0.15, -0.1) is 0 Å². The van der Waals surface area contributed by atoms with Crippen LogP contribution in [0.3, 0.4) is 0 Å². The average molecular weight is 367 g/mol. The topological polar surface area (TPSA) is 84.2 Å². The Bertz CT molecular complexity index is 989. The number of aliphatic hydroxyl groups excluding tert-OH is 1. The number of hydrogen-bond donors (Lipinski definition) is 2. The van der Waals surface area contributed by atoms with Crippen molar-refractivity contribution in [2.24, 2.45) is 0 Å². The summed E-state index contributed by atoms with van der Waals surface area (Å²) in [5, 5.41) is 16.3. The van der Waals surface area contributed by atoms with Gasteiger partial charge in [0.1, 0.15) is 12.4 Å². The Labute approximate surface area is 154 Å². The van der Waals surface area contributed by atoms with Gasteiger partial charge in [-0.2, -0.15) is 5.10 Å². The van der Waals surface area contributed by atoms with Crippen molar-refractivity contribution >= 4 is 5.91 Å². The van der Waals surface area contributed by atoms with E-state index in [0.29, 0.717) is 0 Å². The van der Waals surface area contributed by atoms with Gasteiger partial charge in [0.25, 0.3) is 5.56 Å². The highest BCUT2D eigenvalue weighted by molar-refractivity contribution is 5.76. The molecule has 27 heavy (non-hydrogen) atoms. The van der Waals surface area contributed by atoms with Crippen molar-refractivity contribution in [3.8, 4) is 11.3 Å². The minimum Gasteiger partial charge on any atom is -0.394 e. The van der Waals surface area contributed by atoms with Gasteiger partial charge in [0.15, 0.2) is 0 Å². The van der Waals surface area contributed by atoms with Gasteiger partial charge < -0.3 is 10.4 Å². The molecule has 1 amide bonds. The number of halogens is 1. The Morgan fingerprint density at radius 1 is 1.07 bits per heavy atom. The SMILES string of the molecule is O=C(Cn1nc(-c2ccccc2F)ccc1=O)N[C@@H](CO)c1ccccc1. The van der Waals surface area contributed by atoms with Crippen LogP contribution in [-0.4, -0.2) is 27.4 Å². The summed E-state index contributed by atoms with van der Waals surface area (Å²) in [5.74, 6) is -0.956. The van der Waals surface area contributed by atoms with Crippen molar-refractivity contribution in [1.29, 1.82) is 0 Å². The van der Waals surface area contributed by atoms with Gasteiger partial charge >= 0.3 is 0 Å². The predicted molar refractivity (Wildman–Crippen MR) is 98.3 cm³/mol. The number of nitrogens with zero attached hydrogens (tertiary/aromatic N) is 2. The quantitative estimate of drug-likeness (QED) is 0.697. The van der Waals surface area contributed by atoms with E-state index in [1.165, 1.54) is 18.2 Å². The molecule has 1 aromatic heterocycles. The molecule has 138 valence electrons. The summed E-state index contributed by atoms with van der Waals surface area (Å²) >= 11 is 0. The second-order valence-corrected chi connectivity index (χ2v) is 5.91. The smallest absolute Gasteiger partial charge is 0.267 e. The molecule has 2 aromatic carbocycles. The van der Waals surface area contributed by atoms with E-state index < -0.39 is 23.3 Å². The van der Waals surface area contributed by atoms with E-state index in [0.717, 1.165) is 10.2 Å². The third-order valence-electron chi connectivity index (χ3n) is 4.03. The molecule has 0 aliphatic rings. The van der Waals surface area contributed by atoms with Crippen molar-refractivity contribution < 1.29 is 14.3 Å². The molecule has 1 heterocycles. The molecular formula is C20H18FN3O3. The first-order chi connectivity index (χ1) is 13.1. The third-order valence-corrected chi connectivity index (χ3v) is 4.03. The Hall–Kier alpha value is -3.32. The predicted octanol–water partition coefficient (Wildman–Crippen LogP) is 1.90. The van der Waals surface area contributed by atoms with Gasteiger partial charge in [-0.3, -0.25) is 9.59 Å². The summed E-state index contributed by atoms with van der Waals surface area (Å²) in [4.78, 5) is 24.4. The van der Waals surface area contributed by atoms with Crippen LogP contribution in [-0.2, 0) is 11.3 Å². The van der Waals surface area contributed by atoms with Crippen LogP contribution in [0.2, 0.25) is 0 Å². The molecule has 6 nitrogen and oxygen atoms in total. The Morgan fingerprint density at radius 2 is 1.78 bits per heavy atom. The van der Waals surface area contributed by atoms with Gasteiger partial charge in [-0.1, -0.05) is 42.5 Å². The highest BCUT2D eigenvalue weighted by Gasteiger charge is 2.15. The number of carbonyl (C=O) groups is 1. The summed E-state index contributed by atoms with van der Waals surface area (Å²) in [5.41, 5.74) is 0.755. The molecule has 1 atom stereocenters. The average Bonchev–Trinajstić information content (AvgIpc) is 2.69. The van der Waals surface area contributed by atoms with Crippen molar-refractivity contribution in [1.82, 2.24) is 15.1 Å². The van der Waals surface area contributed by atoms with E-state index in [4.69, 9.17) is 0 Å². The van der Waals surface area contributed by atoms with Crippen molar-refractivity contribution in [3.63, 3.8) is 0 Å². The molecule has 2 N–H and O–H groups in total. The lowest BCUT2D eigenvalue weighted by Crippen LogP contribution is -2.36. The van der Waals surface area contributed by atoms with Crippen LogP contribution >= 0.6 is 0 Å². The monoisotopic (exact) mass is 367 g/mol. The second kappa shape index (κ2) is 8.37. The third kappa shape index (κ3) is 4.45. The number of carbonyl (C=O) groups excluding carboxylic acids is 1. The normalized spacial score (nSPS) is 11.8. The van der Waals surface area contributed by atoms with E-state index >= 15 is 0 Å². The van der Waals surface area contributed by atoms with Crippen LogP contribution < -0.4 is 10.9 Å². The van der Waals surface area contributed by atoms with E-state index in [1.807, 2.05) is 6.07 Å². The highest BCUT2D eigenvalue weighted by Crippen LogP contribution is 2.18. The molecule has 0 aliphatic heterocycles. The van der Waals surface area contributed by atoms with Crippen molar-refractivity contribution in [3.05, 3.63) is 88.5 Å².